The lowest BCUT2D eigenvalue weighted by atomic mass is 9.64. The van der Waals surface area contributed by atoms with Crippen molar-refractivity contribution in [2.75, 3.05) is 13.7 Å². The first kappa shape index (κ1) is 20.2. The van der Waals surface area contributed by atoms with Crippen LogP contribution in [0, 0.1) is 5.41 Å². The van der Waals surface area contributed by atoms with Gasteiger partial charge in [-0.1, -0.05) is 19.3 Å². The summed E-state index contributed by atoms with van der Waals surface area (Å²) >= 11 is 0. The number of β-lactam (4-membered cyclic amide) rings is 1. The zero-order valence-electron chi connectivity index (χ0n) is 16.5. The lowest BCUT2D eigenvalue weighted by Gasteiger charge is -2.55. The highest BCUT2D eigenvalue weighted by molar-refractivity contribution is 5.92. The maximum absolute atomic E-state index is 13.1. The Morgan fingerprint density at radius 3 is 2.40 bits per heavy atom. The molecule has 1 unspecified atom stereocenters. The van der Waals surface area contributed by atoms with Crippen LogP contribution < -0.4 is 0 Å². The van der Waals surface area contributed by atoms with E-state index in [9.17, 15) is 9.59 Å². The molecular formula is C19H33NO5. The Morgan fingerprint density at radius 1 is 1.28 bits per heavy atom. The zero-order chi connectivity index (χ0) is 18.8. The fourth-order valence-corrected chi connectivity index (χ4v) is 4.05. The highest BCUT2D eigenvalue weighted by atomic mass is 16.7. The number of nitrogens with zero attached hydrogens (tertiary/aromatic N) is 1. The summed E-state index contributed by atoms with van der Waals surface area (Å²) < 4.78 is 17.0. The zero-order valence-corrected chi connectivity index (χ0v) is 16.5. The standard InChI is InChI=1S/C19H33NO5/c1-7-23-13(2)24-14-15(20(6)16(14)21)19(11-9-8-10-12-19)17(22)25-18(3,4)5/h13-15H,7-12H2,1-6H3/t13?,14-,15-/m1/s1. The minimum Gasteiger partial charge on any atom is -0.459 e. The van der Waals surface area contributed by atoms with Crippen LogP contribution >= 0.6 is 0 Å². The highest BCUT2D eigenvalue weighted by Gasteiger charge is 2.62. The van der Waals surface area contributed by atoms with E-state index >= 15 is 0 Å². The number of carbonyl (C=O) groups is 2. The summed E-state index contributed by atoms with van der Waals surface area (Å²) in [5, 5.41) is 0. The van der Waals surface area contributed by atoms with Crippen LogP contribution in [0.3, 0.4) is 0 Å². The molecule has 1 saturated carbocycles. The Kier molecular flexibility index (Phi) is 6.15. The summed E-state index contributed by atoms with van der Waals surface area (Å²) in [5.41, 5.74) is -1.24. The number of hydrogen-bond acceptors (Lipinski definition) is 5. The van der Waals surface area contributed by atoms with Crippen molar-refractivity contribution in [3.8, 4) is 0 Å². The number of rotatable bonds is 6. The Bertz CT molecular complexity index is 493. The number of hydrogen-bond donors (Lipinski definition) is 0. The fourth-order valence-electron chi connectivity index (χ4n) is 4.05. The van der Waals surface area contributed by atoms with Crippen molar-refractivity contribution in [2.45, 2.75) is 90.8 Å². The van der Waals surface area contributed by atoms with Gasteiger partial charge in [0.15, 0.2) is 12.4 Å². The van der Waals surface area contributed by atoms with Crippen LogP contribution in [0.1, 0.15) is 66.7 Å². The maximum Gasteiger partial charge on any atom is 0.314 e. The van der Waals surface area contributed by atoms with Crippen LogP contribution in [0.15, 0.2) is 0 Å². The smallest absolute Gasteiger partial charge is 0.314 e. The van der Waals surface area contributed by atoms with E-state index < -0.39 is 23.4 Å². The van der Waals surface area contributed by atoms with Crippen LogP contribution in [0.4, 0.5) is 0 Å². The predicted octanol–water partition coefficient (Wildman–Crippen LogP) is 2.89. The third kappa shape index (κ3) is 4.17. The van der Waals surface area contributed by atoms with Crippen LogP contribution in [-0.2, 0) is 23.8 Å². The van der Waals surface area contributed by atoms with Crippen LogP contribution in [0.2, 0.25) is 0 Å². The van der Waals surface area contributed by atoms with E-state index in [4.69, 9.17) is 14.2 Å². The van der Waals surface area contributed by atoms with Crippen molar-refractivity contribution in [3.63, 3.8) is 0 Å². The van der Waals surface area contributed by atoms with Crippen molar-refractivity contribution in [2.24, 2.45) is 5.41 Å². The molecule has 1 aliphatic carbocycles. The molecule has 1 aliphatic heterocycles. The van der Waals surface area contributed by atoms with E-state index in [0.717, 1.165) is 32.1 Å². The number of esters is 1. The second kappa shape index (κ2) is 7.62. The summed E-state index contributed by atoms with van der Waals surface area (Å²) in [7, 11) is 1.75. The first-order chi connectivity index (χ1) is 11.6. The van der Waals surface area contributed by atoms with E-state index in [0.29, 0.717) is 6.61 Å². The molecule has 144 valence electrons. The average molecular weight is 355 g/mol. The molecule has 2 fully saturated rings. The summed E-state index contributed by atoms with van der Waals surface area (Å²) in [6.07, 6.45) is 3.37. The molecule has 0 aromatic rings. The minimum absolute atomic E-state index is 0.0925. The Morgan fingerprint density at radius 2 is 1.88 bits per heavy atom. The number of likely N-dealkylation sites (tertiary alicyclic amines) is 1. The summed E-state index contributed by atoms with van der Waals surface area (Å²) in [5.74, 6) is -0.299. The SMILES string of the molecule is CCOC(C)O[C@H]1C(=O)N(C)[C@H]1C1(C(=O)OC(C)(C)C)CCCCC1. The second-order valence-electron chi connectivity index (χ2n) is 8.19. The Balaban J connectivity index is 2.26. The molecule has 1 saturated heterocycles. The van der Waals surface area contributed by atoms with Gasteiger partial charge in [-0.3, -0.25) is 9.59 Å². The summed E-state index contributed by atoms with van der Waals surface area (Å²) in [4.78, 5) is 27.2. The third-order valence-corrected chi connectivity index (χ3v) is 5.15. The molecule has 0 spiro atoms. The number of ether oxygens (including phenoxy) is 3. The van der Waals surface area contributed by atoms with Gasteiger partial charge in [0.1, 0.15) is 5.60 Å². The van der Waals surface area contributed by atoms with Gasteiger partial charge in [-0.05, 0) is 47.5 Å². The molecule has 1 amide bonds. The maximum atomic E-state index is 13.1. The minimum atomic E-state index is -0.690. The molecule has 2 aliphatic rings. The van der Waals surface area contributed by atoms with Crippen molar-refractivity contribution in [3.05, 3.63) is 0 Å². The van der Waals surface area contributed by atoms with Crippen LogP contribution in [0.5, 0.6) is 0 Å². The molecule has 2 rings (SSSR count). The Labute approximate surface area is 151 Å². The molecule has 0 N–H and O–H groups in total. The quantitative estimate of drug-likeness (QED) is 0.416. The lowest BCUT2D eigenvalue weighted by molar-refractivity contribution is -0.231. The summed E-state index contributed by atoms with van der Waals surface area (Å²) in [6.45, 7) is 9.81. The number of carbonyl (C=O) groups excluding carboxylic acids is 2. The van der Waals surface area contributed by atoms with Crippen molar-refractivity contribution < 1.29 is 23.8 Å². The average Bonchev–Trinajstić information content (AvgIpc) is 2.53. The van der Waals surface area contributed by atoms with Gasteiger partial charge in [0.05, 0.1) is 11.5 Å². The van der Waals surface area contributed by atoms with Crippen LogP contribution in [0.25, 0.3) is 0 Å². The first-order valence-electron chi connectivity index (χ1n) is 9.39. The van der Waals surface area contributed by atoms with Gasteiger partial charge in [0, 0.05) is 13.7 Å². The molecule has 6 heteroatoms. The first-order valence-corrected chi connectivity index (χ1v) is 9.39. The normalized spacial score (nSPS) is 27.6. The molecular weight excluding hydrogens is 322 g/mol. The fraction of sp³-hybridized carbons (Fsp3) is 0.895. The monoisotopic (exact) mass is 355 g/mol. The summed E-state index contributed by atoms with van der Waals surface area (Å²) in [6, 6.07) is -0.293. The molecule has 0 bridgehead atoms. The Hall–Kier alpha value is -1.14. The van der Waals surface area contributed by atoms with Gasteiger partial charge < -0.3 is 19.1 Å². The molecule has 0 radical (unpaired) electrons. The van der Waals surface area contributed by atoms with E-state index in [1.165, 1.54) is 0 Å². The van der Waals surface area contributed by atoms with Gasteiger partial charge in [-0.2, -0.15) is 0 Å². The van der Waals surface area contributed by atoms with Gasteiger partial charge in [-0.15, -0.1) is 0 Å². The molecule has 0 aromatic carbocycles. The molecule has 3 atom stereocenters. The van der Waals surface area contributed by atoms with E-state index in [1.807, 2.05) is 27.7 Å². The largest absolute Gasteiger partial charge is 0.459 e. The van der Waals surface area contributed by atoms with Crippen molar-refractivity contribution in [1.29, 1.82) is 0 Å². The molecule has 25 heavy (non-hydrogen) atoms. The van der Waals surface area contributed by atoms with Crippen molar-refractivity contribution >= 4 is 11.9 Å². The van der Waals surface area contributed by atoms with Gasteiger partial charge in [-0.25, -0.2) is 0 Å². The second-order valence-corrected chi connectivity index (χ2v) is 8.19. The molecule has 1 heterocycles. The topological polar surface area (TPSA) is 65.1 Å². The number of likely N-dealkylation sites (N-methyl/N-ethyl adjacent to an activating group) is 1. The van der Waals surface area contributed by atoms with Gasteiger partial charge >= 0.3 is 5.97 Å². The van der Waals surface area contributed by atoms with E-state index in [1.54, 1.807) is 18.9 Å². The number of amides is 1. The molecule has 0 aromatic heterocycles. The van der Waals surface area contributed by atoms with E-state index in [2.05, 4.69) is 0 Å². The third-order valence-electron chi connectivity index (χ3n) is 5.15. The predicted molar refractivity (Wildman–Crippen MR) is 93.9 cm³/mol. The lowest BCUT2D eigenvalue weighted by Crippen LogP contribution is -2.72. The van der Waals surface area contributed by atoms with Crippen molar-refractivity contribution in [1.82, 2.24) is 4.90 Å². The van der Waals surface area contributed by atoms with E-state index in [-0.39, 0.29) is 17.9 Å². The molecule has 6 nitrogen and oxygen atoms in total. The van der Waals surface area contributed by atoms with Gasteiger partial charge in [0.25, 0.3) is 5.91 Å². The van der Waals surface area contributed by atoms with Gasteiger partial charge in [0.2, 0.25) is 0 Å². The highest BCUT2D eigenvalue weighted by Crippen LogP contribution is 2.48. The van der Waals surface area contributed by atoms with Crippen LogP contribution in [-0.4, -0.2) is 54.5 Å².